The van der Waals surface area contributed by atoms with Crippen molar-refractivity contribution in [2.75, 3.05) is 24.6 Å². The van der Waals surface area contributed by atoms with Crippen LogP contribution in [0.4, 0.5) is 5.69 Å². The Kier molecular flexibility index (Phi) is 4.18. The minimum Gasteiger partial charge on any atom is -0.494 e. The van der Waals surface area contributed by atoms with Crippen molar-refractivity contribution in [3.8, 4) is 5.75 Å². The number of rotatable bonds is 4. The number of benzene rings is 2. The van der Waals surface area contributed by atoms with Crippen molar-refractivity contribution < 1.29 is 14.3 Å². The molecule has 28 heavy (non-hydrogen) atoms. The van der Waals surface area contributed by atoms with E-state index in [0.29, 0.717) is 12.3 Å². The van der Waals surface area contributed by atoms with Gasteiger partial charge in [0.15, 0.2) is 0 Å². The van der Waals surface area contributed by atoms with Crippen LogP contribution in [-0.4, -0.2) is 47.6 Å². The van der Waals surface area contributed by atoms with Gasteiger partial charge in [-0.1, -0.05) is 30.3 Å². The van der Waals surface area contributed by atoms with Gasteiger partial charge in [0.2, 0.25) is 5.91 Å². The van der Waals surface area contributed by atoms with E-state index in [-0.39, 0.29) is 23.8 Å². The second-order valence-corrected chi connectivity index (χ2v) is 7.44. The second-order valence-electron chi connectivity index (χ2n) is 7.44. The smallest absolute Gasteiger partial charge is 0.253 e. The largest absolute Gasteiger partial charge is 0.494 e. The molecule has 0 aromatic heterocycles. The van der Waals surface area contributed by atoms with Crippen LogP contribution in [0.2, 0.25) is 0 Å². The van der Waals surface area contributed by atoms with Crippen LogP contribution in [0.5, 0.6) is 5.75 Å². The Morgan fingerprint density at radius 2 is 1.57 bits per heavy atom. The van der Waals surface area contributed by atoms with Crippen LogP contribution in [0.25, 0.3) is 0 Å². The van der Waals surface area contributed by atoms with E-state index in [4.69, 9.17) is 4.74 Å². The number of amides is 2. The fraction of sp³-hybridized carbons (Fsp3) is 0.364. The fourth-order valence-corrected chi connectivity index (χ4v) is 4.88. The minimum absolute atomic E-state index is 0.0853. The quantitative estimate of drug-likeness (QED) is 0.767. The summed E-state index contributed by atoms with van der Waals surface area (Å²) in [6.07, 6.45) is 1.01. The third-order valence-electron chi connectivity index (χ3n) is 5.95. The lowest BCUT2D eigenvalue weighted by Crippen LogP contribution is -2.44. The zero-order chi connectivity index (χ0) is 19.3. The average Bonchev–Trinajstić information content (AvgIpc) is 3.36. The van der Waals surface area contributed by atoms with Crippen molar-refractivity contribution in [2.24, 2.45) is 5.92 Å². The molecule has 3 atom stereocenters. The summed E-state index contributed by atoms with van der Waals surface area (Å²) >= 11 is 0. The lowest BCUT2D eigenvalue weighted by Gasteiger charge is -2.29. The lowest BCUT2D eigenvalue weighted by atomic mass is 9.90. The van der Waals surface area contributed by atoms with Crippen molar-refractivity contribution in [3.63, 3.8) is 0 Å². The van der Waals surface area contributed by atoms with Crippen LogP contribution in [-0.2, 0) is 9.59 Å². The van der Waals surface area contributed by atoms with E-state index in [2.05, 4.69) is 22.2 Å². The van der Waals surface area contributed by atoms with Gasteiger partial charge in [0, 0.05) is 13.1 Å². The van der Waals surface area contributed by atoms with Crippen molar-refractivity contribution in [2.45, 2.75) is 25.4 Å². The third kappa shape index (κ3) is 2.48. The first-order valence-corrected chi connectivity index (χ1v) is 9.89. The molecule has 0 aliphatic carbocycles. The minimum atomic E-state index is -0.410. The van der Waals surface area contributed by atoms with Crippen LogP contribution < -0.4 is 9.64 Å². The molecule has 3 heterocycles. The normalized spacial score (nSPS) is 27.3. The third-order valence-corrected chi connectivity index (χ3v) is 5.95. The van der Waals surface area contributed by atoms with Crippen molar-refractivity contribution >= 4 is 17.5 Å². The first kappa shape index (κ1) is 17.4. The highest BCUT2D eigenvalue weighted by molar-refractivity contribution is 6.24. The molecule has 5 rings (SSSR count). The van der Waals surface area contributed by atoms with E-state index in [0.717, 1.165) is 30.8 Å². The molecule has 3 aliphatic heterocycles. The number of hydrogen-bond acceptors (Lipinski definition) is 5. The van der Waals surface area contributed by atoms with Crippen LogP contribution in [0.3, 0.4) is 0 Å². The van der Waals surface area contributed by atoms with E-state index in [1.54, 1.807) is 12.1 Å². The number of carbonyl (C=O) groups excluding carboxylic acids is 2. The Balaban J connectivity index is 1.52. The summed E-state index contributed by atoms with van der Waals surface area (Å²) in [5, 5.41) is 4.35. The van der Waals surface area contributed by atoms with E-state index in [1.807, 2.05) is 37.3 Å². The molecule has 2 aromatic carbocycles. The van der Waals surface area contributed by atoms with Gasteiger partial charge in [0.05, 0.1) is 24.3 Å². The summed E-state index contributed by atoms with van der Waals surface area (Å²) < 4.78 is 5.48. The molecule has 0 bridgehead atoms. The Morgan fingerprint density at radius 3 is 2.25 bits per heavy atom. The van der Waals surface area contributed by atoms with Crippen molar-refractivity contribution in [1.82, 2.24) is 10.0 Å². The maximum Gasteiger partial charge on any atom is 0.253 e. The lowest BCUT2D eigenvalue weighted by molar-refractivity contribution is -0.126. The summed E-state index contributed by atoms with van der Waals surface area (Å²) in [4.78, 5) is 28.1. The molecule has 3 fully saturated rings. The Bertz CT molecular complexity index is 899. The number of hydrogen-bond donors (Lipinski definition) is 0. The highest BCUT2D eigenvalue weighted by Gasteiger charge is 2.62. The molecule has 2 aromatic rings. The predicted octanol–water partition coefficient (Wildman–Crippen LogP) is 2.62. The molecule has 2 amide bonds. The Hall–Kier alpha value is -2.70. The van der Waals surface area contributed by atoms with E-state index >= 15 is 0 Å². The van der Waals surface area contributed by atoms with E-state index in [9.17, 15) is 9.59 Å². The molecule has 6 heteroatoms. The number of imide groups is 1. The molecular formula is C22H23N3O3. The summed E-state index contributed by atoms with van der Waals surface area (Å²) in [6.45, 7) is 4.21. The fourth-order valence-electron chi connectivity index (χ4n) is 4.88. The number of ether oxygens (including phenoxy) is 1. The number of anilines is 1. The van der Waals surface area contributed by atoms with Crippen LogP contribution in [0.1, 0.15) is 24.9 Å². The molecule has 3 aliphatic rings. The Labute approximate surface area is 164 Å². The zero-order valence-electron chi connectivity index (χ0n) is 15.8. The number of carbonyl (C=O) groups is 2. The van der Waals surface area contributed by atoms with Crippen molar-refractivity contribution in [1.29, 1.82) is 0 Å². The molecule has 0 saturated carbocycles. The summed E-state index contributed by atoms with van der Waals surface area (Å²) in [5.41, 5.74) is 1.71. The van der Waals surface area contributed by atoms with Crippen LogP contribution in [0.15, 0.2) is 54.6 Å². The molecular weight excluding hydrogens is 354 g/mol. The van der Waals surface area contributed by atoms with Gasteiger partial charge in [-0.25, -0.2) is 14.9 Å². The van der Waals surface area contributed by atoms with Gasteiger partial charge in [-0.2, -0.15) is 0 Å². The first-order chi connectivity index (χ1) is 13.7. The molecule has 0 unspecified atom stereocenters. The van der Waals surface area contributed by atoms with E-state index < -0.39 is 6.04 Å². The maximum absolute atomic E-state index is 13.4. The van der Waals surface area contributed by atoms with Crippen LogP contribution in [0, 0.1) is 5.92 Å². The van der Waals surface area contributed by atoms with Gasteiger partial charge in [-0.05, 0) is 43.2 Å². The van der Waals surface area contributed by atoms with Crippen molar-refractivity contribution in [3.05, 3.63) is 60.2 Å². The monoisotopic (exact) mass is 377 g/mol. The van der Waals surface area contributed by atoms with Gasteiger partial charge in [-0.15, -0.1) is 0 Å². The molecule has 0 spiro atoms. The molecule has 0 radical (unpaired) electrons. The SMILES string of the molecule is CCOc1ccc(N2C(=O)[C@@H]3[C@H](C2=O)N2CCCN2[C@H]3c2ccccc2)cc1. The van der Waals surface area contributed by atoms with Crippen LogP contribution >= 0.6 is 0 Å². The second kappa shape index (κ2) is 6.72. The standard InChI is InChI=1S/C22H23N3O3/c1-2-28-17-11-9-16(10-12-17)25-21(26)18-19(15-7-4-3-5-8-15)23-13-6-14-24(23)20(18)22(25)27/h3-5,7-12,18-20H,2,6,13-14H2,1H3/t18-,19-,20+/m0/s1. The topological polar surface area (TPSA) is 53.1 Å². The molecule has 3 saturated heterocycles. The number of hydrazine groups is 1. The molecule has 144 valence electrons. The highest BCUT2D eigenvalue weighted by Crippen LogP contribution is 2.48. The summed E-state index contributed by atoms with van der Waals surface area (Å²) in [7, 11) is 0. The first-order valence-electron chi connectivity index (χ1n) is 9.89. The van der Waals surface area contributed by atoms with E-state index in [1.165, 1.54) is 4.90 Å². The zero-order valence-corrected chi connectivity index (χ0v) is 15.8. The Morgan fingerprint density at radius 1 is 0.893 bits per heavy atom. The molecule has 6 nitrogen and oxygen atoms in total. The summed E-state index contributed by atoms with van der Waals surface area (Å²) in [6, 6.07) is 16.8. The summed E-state index contributed by atoms with van der Waals surface area (Å²) in [5.74, 6) is 0.132. The number of nitrogens with zero attached hydrogens (tertiary/aromatic N) is 3. The average molecular weight is 377 g/mol. The van der Waals surface area contributed by atoms with Gasteiger partial charge in [0.1, 0.15) is 11.8 Å². The van der Waals surface area contributed by atoms with Gasteiger partial charge < -0.3 is 4.74 Å². The predicted molar refractivity (Wildman–Crippen MR) is 105 cm³/mol. The van der Waals surface area contributed by atoms with Gasteiger partial charge in [-0.3, -0.25) is 9.59 Å². The highest BCUT2D eigenvalue weighted by atomic mass is 16.5. The van der Waals surface area contributed by atoms with Gasteiger partial charge >= 0.3 is 0 Å². The maximum atomic E-state index is 13.4. The van der Waals surface area contributed by atoms with Gasteiger partial charge in [0.25, 0.3) is 5.91 Å². The number of fused-ring (bicyclic) bond motifs is 3. The molecule has 0 N–H and O–H groups in total.